The average molecular weight is 385 g/mol. The summed E-state index contributed by atoms with van der Waals surface area (Å²) in [6, 6.07) is 13.2. The number of amides is 1. The minimum Gasteiger partial charge on any atom is -0.452 e. The van der Waals surface area contributed by atoms with E-state index < -0.39 is 18.5 Å². The van der Waals surface area contributed by atoms with E-state index in [0.717, 1.165) is 0 Å². The normalized spacial score (nSPS) is 10.1. The lowest BCUT2D eigenvalue weighted by Crippen LogP contribution is -2.21. The Kier molecular flexibility index (Phi) is 7.31. The molecule has 0 radical (unpaired) electrons. The molecule has 0 saturated carbocycles. The van der Waals surface area contributed by atoms with Crippen LogP contribution in [0.2, 0.25) is 0 Å². The second-order valence-corrected chi connectivity index (χ2v) is 6.76. The Morgan fingerprint density at radius 1 is 0.963 bits per heavy atom. The summed E-state index contributed by atoms with van der Waals surface area (Å²) >= 11 is 1.25. The summed E-state index contributed by atoms with van der Waals surface area (Å²) in [4.78, 5) is 47.2. The lowest BCUT2D eigenvalue weighted by molar-refractivity contribution is -0.119. The lowest BCUT2D eigenvalue weighted by Gasteiger charge is -2.09. The summed E-state index contributed by atoms with van der Waals surface area (Å²) in [7, 11) is 0. The van der Waals surface area contributed by atoms with Crippen LogP contribution in [0.1, 0.15) is 34.6 Å². The number of hydrogen-bond donors (Lipinski definition) is 1. The predicted octanol–water partition coefficient (Wildman–Crippen LogP) is 3.37. The van der Waals surface area contributed by atoms with E-state index in [1.54, 1.807) is 48.5 Å². The van der Waals surface area contributed by atoms with Gasteiger partial charge in [0.25, 0.3) is 5.91 Å². The van der Waals surface area contributed by atoms with Crippen molar-refractivity contribution >= 4 is 40.9 Å². The molecular formula is C20H19NO5S. The number of anilines is 1. The van der Waals surface area contributed by atoms with Crippen LogP contribution >= 0.6 is 11.8 Å². The van der Waals surface area contributed by atoms with Crippen LogP contribution in [-0.4, -0.2) is 35.8 Å². The summed E-state index contributed by atoms with van der Waals surface area (Å²) in [5.41, 5.74) is 1.35. The Morgan fingerprint density at radius 2 is 1.63 bits per heavy atom. The van der Waals surface area contributed by atoms with Gasteiger partial charge in [0.2, 0.25) is 0 Å². The van der Waals surface area contributed by atoms with Crippen LogP contribution in [0.4, 0.5) is 5.69 Å². The van der Waals surface area contributed by atoms with Gasteiger partial charge in [-0.15, -0.1) is 11.8 Å². The number of benzene rings is 2. The van der Waals surface area contributed by atoms with E-state index in [2.05, 4.69) is 5.32 Å². The molecule has 0 aliphatic rings. The fourth-order valence-corrected chi connectivity index (χ4v) is 2.98. The summed E-state index contributed by atoms with van der Waals surface area (Å²) < 4.78 is 5.07. The second-order valence-electron chi connectivity index (χ2n) is 5.74. The highest BCUT2D eigenvalue weighted by Crippen LogP contribution is 2.23. The van der Waals surface area contributed by atoms with Crippen molar-refractivity contribution in [3.63, 3.8) is 0 Å². The molecule has 0 spiro atoms. The van der Waals surface area contributed by atoms with Crippen molar-refractivity contribution in [1.29, 1.82) is 0 Å². The fourth-order valence-electron chi connectivity index (χ4n) is 2.13. The summed E-state index contributed by atoms with van der Waals surface area (Å²) in [5.74, 6) is -0.945. The molecule has 2 aromatic carbocycles. The van der Waals surface area contributed by atoms with Gasteiger partial charge in [0.1, 0.15) is 5.78 Å². The zero-order valence-corrected chi connectivity index (χ0v) is 15.8. The Morgan fingerprint density at radius 3 is 2.26 bits per heavy atom. The number of ether oxygens (including phenoxy) is 1. The summed E-state index contributed by atoms with van der Waals surface area (Å²) in [5, 5.41) is 2.59. The van der Waals surface area contributed by atoms with Crippen LogP contribution in [-0.2, 0) is 14.3 Å². The van der Waals surface area contributed by atoms with Gasteiger partial charge in [-0.05, 0) is 50.2 Å². The number of rotatable bonds is 8. The van der Waals surface area contributed by atoms with Gasteiger partial charge in [-0.2, -0.15) is 0 Å². The molecule has 2 aromatic rings. The number of hydrogen-bond acceptors (Lipinski definition) is 6. The Hall–Kier alpha value is -2.93. The first-order valence-corrected chi connectivity index (χ1v) is 9.14. The highest BCUT2D eigenvalue weighted by molar-refractivity contribution is 8.00. The first kappa shape index (κ1) is 20.4. The van der Waals surface area contributed by atoms with E-state index in [-0.39, 0.29) is 17.3 Å². The molecular weight excluding hydrogens is 366 g/mol. The number of thioether (sulfide) groups is 1. The number of Topliss-reactive ketones (excluding diaryl/α,β-unsaturated/α-hetero) is 2. The van der Waals surface area contributed by atoms with Gasteiger partial charge < -0.3 is 10.1 Å². The summed E-state index contributed by atoms with van der Waals surface area (Å²) in [6.45, 7) is 2.49. The molecule has 140 valence electrons. The number of nitrogens with one attached hydrogen (secondary N) is 1. The van der Waals surface area contributed by atoms with Crippen molar-refractivity contribution in [2.24, 2.45) is 0 Å². The van der Waals surface area contributed by atoms with Gasteiger partial charge in [0, 0.05) is 16.1 Å². The fraction of sp³-hybridized carbons (Fsp3) is 0.200. The molecule has 0 aliphatic carbocycles. The molecule has 7 heteroatoms. The van der Waals surface area contributed by atoms with Gasteiger partial charge in [-0.25, -0.2) is 4.79 Å². The molecule has 1 N–H and O–H groups in total. The van der Waals surface area contributed by atoms with Gasteiger partial charge in [-0.1, -0.05) is 12.1 Å². The largest absolute Gasteiger partial charge is 0.452 e. The molecule has 0 unspecified atom stereocenters. The van der Waals surface area contributed by atoms with E-state index in [9.17, 15) is 19.2 Å². The average Bonchev–Trinajstić information content (AvgIpc) is 2.65. The molecule has 0 fully saturated rings. The molecule has 0 heterocycles. The monoisotopic (exact) mass is 385 g/mol. The molecule has 6 nitrogen and oxygen atoms in total. The Bertz CT molecular complexity index is 861. The lowest BCUT2D eigenvalue weighted by atomic mass is 10.1. The van der Waals surface area contributed by atoms with Crippen molar-refractivity contribution in [2.45, 2.75) is 18.7 Å². The van der Waals surface area contributed by atoms with Gasteiger partial charge in [0.05, 0.1) is 11.3 Å². The minimum absolute atomic E-state index is 0.00154. The van der Waals surface area contributed by atoms with Crippen molar-refractivity contribution in [3.05, 3.63) is 59.7 Å². The second kappa shape index (κ2) is 9.68. The molecule has 27 heavy (non-hydrogen) atoms. The minimum atomic E-state index is -0.635. The Labute approximate surface area is 161 Å². The Balaban J connectivity index is 1.92. The zero-order chi connectivity index (χ0) is 19.8. The number of ketones is 2. The molecule has 0 aliphatic heterocycles. The maximum atomic E-state index is 12.2. The summed E-state index contributed by atoms with van der Waals surface area (Å²) in [6.07, 6.45) is 0. The SMILES string of the molecule is CC(=O)CSc1ccccc1C(=O)OCC(=O)Nc1ccc(C(C)=O)cc1. The number of esters is 1. The smallest absolute Gasteiger partial charge is 0.339 e. The topological polar surface area (TPSA) is 89.5 Å². The molecule has 0 atom stereocenters. The van der Waals surface area contributed by atoms with Crippen LogP contribution in [0.15, 0.2) is 53.4 Å². The highest BCUT2D eigenvalue weighted by Gasteiger charge is 2.15. The van der Waals surface area contributed by atoms with Crippen LogP contribution in [0.25, 0.3) is 0 Å². The van der Waals surface area contributed by atoms with E-state index in [1.165, 1.54) is 25.6 Å². The predicted molar refractivity (Wildman–Crippen MR) is 103 cm³/mol. The maximum absolute atomic E-state index is 12.2. The van der Waals surface area contributed by atoms with Crippen LogP contribution in [0, 0.1) is 0 Å². The van der Waals surface area contributed by atoms with Gasteiger partial charge in [0.15, 0.2) is 12.4 Å². The van der Waals surface area contributed by atoms with Gasteiger partial charge >= 0.3 is 5.97 Å². The third-order valence-corrected chi connectivity index (χ3v) is 4.67. The van der Waals surface area contributed by atoms with Gasteiger partial charge in [-0.3, -0.25) is 14.4 Å². The van der Waals surface area contributed by atoms with E-state index >= 15 is 0 Å². The van der Waals surface area contributed by atoms with E-state index in [4.69, 9.17) is 4.74 Å². The third-order valence-electron chi connectivity index (χ3n) is 3.45. The standard InChI is InChI=1S/C20H19NO5S/c1-13(22)12-27-18-6-4-3-5-17(18)20(25)26-11-19(24)21-16-9-7-15(8-10-16)14(2)23/h3-10H,11-12H2,1-2H3,(H,21,24). The number of carbonyl (C=O) groups is 4. The first-order valence-electron chi connectivity index (χ1n) is 8.16. The molecule has 0 aromatic heterocycles. The molecule has 0 bridgehead atoms. The molecule has 2 rings (SSSR count). The van der Waals surface area contributed by atoms with Crippen molar-refractivity contribution in [1.82, 2.24) is 0 Å². The molecule has 0 saturated heterocycles. The third kappa shape index (κ3) is 6.38. The highest BCUT2D eigenvalue weighted by atomic mass is 32.2. The van der Waals surface area contributed by atoms with Crippen molar-refractivity contribution < 1.29 is 23.9 Å². The quantitative estimate of drug-likeness (QED) is 0.426. The van der Waals surface area contributed by atoms with Crippen molar-refractivity contribution in [2.75, 3.05) is 17.7 Å². The first-order chi connectivity index (χ1) is 12.9. The van der Waals surface area contributed by atoms with E-state index in [0.29, 0.717) is 21.7 Å². The van der Waals surface area contributed by atoms with Crippen molar-refractivity contribution in [3.8, 4) is 0 Å². The van der Waals surface area contributed by atoms with Crippen LogP contribution in [0.5, 0.6) is 0 Å². The van der Waals surface area contributed by atoms with E-state index in [1.807, 2.05) is 0 Å². The van der Waals surface area contributed by atoms with Crippen LogP contribution < -0.4 is 5.32 Å². The maximum Gasteiger partial charge on any atom is 0.339 e. The molecule has 1 amide bonds. The zero-order valence-electron chi connectivity index (χ0n) is 15.0. The van der Waals surface area contributed by atoms with Crippen LogP contribution in [0.3, 0.4) is 0 Å². The number of carbonyl (C=O) groups excluding carboxylic acids is 4.